The molecule has 2 N–H and O–H groups in total. The van der Waals surface area contributed by atoms with E-state index in [0.717, 1.165) is 5.41 Å². The van der Waals surface area contributed by atoms with Gasteiger partial charge in [0.2, 0.25) is 0 Å². The van der Waals surface area contributed by atoms with E-state index in [1.807, 2.05) is 0 Å². The van der Waals surface area contributed by atoms with Crippen LogP contribution in [0.2, 0.25) is 0 Å². The van der Waals surface area contributed by atoms with Crippen LogP contribution < -0.4 is 5.73 Å². The highest BCUT2D eigenvalue weighted by molar-refractivity contribution is 7.90. The molecular weight excluding hydrogens is 142 g/mol. The highest BCUT2D eigenvalue weighted by Crippen LogP contribution is 2.15. The zero-order chi connectivity index (χ0) is 7.07. The minimum Gasteiger partial charge on any atom is -0.399 e. The predicted molar refractivity (Wildman–Crippen MR) is 31.7 cm³/mol. The molecule has 1 atom stereocenters. The van der Waals surface area contributed by atoms with Crippen LogP contribution in [0.15, 0.2) is 11.1 Å². The second-order valence-corrected chi connectivity index (χ2v) is 3.26. The molecule has 0 saturated heterocycles. The monoisotopic (exact) mass is 149 g/mol. The van der Waals surface area contributed by atoms with Gasteiger partial charge in [-0.25, -0.2) is 0 Å². The summed E-state index contributed by atoms with van der Waals surface area (Å²) in [5, 5.41) is 0.928. The van der Waals surface area contributed by atoms with Gasteiger partial charge < -0.3 is 5.73 Å². The maximum absolute atomic E-state index is 10.5. The number of rotatable bonds is 0. The zero-order valence-corrected chi connectivity index (χ0v) is 5.68. The van der Waals surface area contributed by atoms with Crippen molar-refractivity contribution in [3.63, 3.8) is 0 Å². The average Bonchev–Trinajstić information content (AvgIpc) is 1.79. The summed E-state index contributed by atoms with van der Waals surface area (Å²) in [4.78, 5) is 0. The quantitative estimate of drug-likeness (QED) is 0.473. The Hall–Kier alpha value is -0.550. The van der Waals surface area contributed by atoms with E-state index in [2.05, 4.69) is 4.18 Å². The third-order valence-electron chi connectivity index (χ3n) is 1.03. The van der Waals surface area contributed by atoms with Crippen molar-refractivity contribution < 1.29 is 12.6 Å². The van der Waals surface area contributed by atoms with Crippen molar-refractivity contribution in [1.82, 2.24) is 0 Å². The van der Waals surface area contributed by atoms with E-state index in [1.165, 1.54) is 0 Å². The molecule has 0 saturated carbocycles. The van der Waals surface area contributed by atoms with Crippen LogP contribution in [0.4, 0.5) is 0 Å². The topological polar surface area (TPSA) is 69.4 Å². The van der Waals surface area contributed by atoms with Crippen LogP contribution >= 0.6 is 0 Å². The van der Waals surface area contributed by atoms with Crippen molar-refractivity contribution in [2.45, 2.75) is 13.0 Å². The van der Waals surface area contributed by atoms with E-state index in [4.69, 9.17) is 5.73 Å². The SMILES string of the molecule is CC1OS(=O)(=O)C=C1N. The zero-order valence-electron chi connectivity index (χ0n) is 4.87. The Morgan fingerprint density at radius 3 is 2.44 bits per heavy atom. The molecule has 0 aromatic heterocycles. The first kappa shape index (κ1) is 6.57. The van der Waals surface area contributed by atoms with Crippen molar-refractivity contribution in [3.8, 4) is 0 Å². The maximum atomic E-state index is 10.5. The molecule has 0 aliphatic carbocycles. The van der Waals surface area contributed by atoms with Crippen LogP contribution in [0.3, 0.4) is 0 Å². The van der Waals surface area contributed by atoms with Gasteiger partial charge in [-0.2, -0.15) is 8.42 Å². The van der Waals surface area contributed by atoms with Gasteiger partial charge in [-0.3, -0.25) is 4.18 Å². The lowest BCUT2D eigenvalue weighted by atomic mass is 10.3. The fraction of sp³-hybridized carbons (Fsp3) is 0.500. The minimum atomic E-state index is -3.43. The van der Waals surface area contributed by atoms with Crippen molar-refractivity contribution in [2.75, 3.05) is 0 Å². The van der Waals surface area contributed by atoms with Gasteiger partial charge in [0.25, 0.3) is 10.1 Å². The molecule has 1 aliphatic heterocycles. The van der Waals surface area contributed by atoms with Crippen molar-refractivity contribution in [1.29, 1.82) is 0 Å². The summed E-state index contributed by atoms with van der Waals surface area (Å²) in [5.74, 6) is 0. The molecule has 1 aliphatic rings. The van der Waals surface area contributed by atoms with Crippen molar-refractivity contribution in [2.24, 2.45) is 5.73 Å². The Bertz CT molecular complexity index is 241. The van der Waals surface area contributed by atoms with E-state index in [9.17, 15) is 8.42 Å². The molecule has 9 heavy (non-hydrogen) atoms. The molecule has 1 rings (SSSR count). The normalized spacial score (nSPS) is 32.1. The van der Waals surface area contributed by atoms with Crippen LogP contribution in [0, 0.1) is 0 Å². The molecule has 1 heterocycles. The molecule has 0 spiro atoms. The van der Waals surface area contributed by atoms with Gasteiger partial charge in [0, 0.05) is 0 Å². The van der Waals surface area contributed by atoms with Crippen LogP contribution in [-0.4, -0.2) is 14.5 Å². The molecule has 52 valence electrons. The van der Waals surface area contributed by atoms with Gasteiger partial charge in [0.1, 0.15) is 6.10 Å². The van der Waals surface area contributed by atoms with E-state index in [0.29, 0.717) is 0 Å². The first-order chi connectivity index (χ1) is 4.01. The maximum Gasteiger partial charge on any atom is 0.292 e. The Balaban J connectivity index is 3.01. The lowest BCUT2D eigenvalue weighted by molar-refractivity contribution is 0.279. The first-order valence-electron chi connectivity index (χ1n) is 2.41. The Morgan fingerprint density at radius 2 is 2.33 bits per heavy atom. The number of hydrogen-bond donors (Lipinski definition) is 1. The van der Waals surface area contributed by atoms with Crippen LogP contribution in [-0.2, 0) is 14.3 Å². The lowest BCUT2D eigenvalue weighted by Crippen LogP contribution is -2.11. The lowest BCUT2D eigenvalue weighted by Gasteiger charge is -1.98. The number of nitrogens with two attached hydrogens (primary N) is 1. The third kappa shape index (κ3) is 1.22. The molecule has 0 aromatic rings. The van der Waals surface area contributed by atoms with Gasteiger partial charge >= 0.3 is 0 Å². The third-order valence-corrected chi connectivity index (χ3v) is 2.15. The van der Waals surface area contributed by atoms with E-state index in [1.54, 1.807) is 6.92 Å². The number of hydrogen-bond acceptors (Lipinski definition) is 4. The summed E-state index contributed by atoms with van der Waals surface area (Å²) in [6.07, 6.45) is -0.491. The molecule has 1 unspecified atom stereocenters. The minimum absolute atomic E-state index is 0.259. The molecule has 0 aromatic carbocycles. The van der Waals surface area contributed by atoms with Crippen molar-refractivity contribution in [3.05, 3.63) is 11.1 Å². The summed E-state index contributed by atoms with van der Waals surface area (Å²) in [6.45, 7) is 1.58. The van der Waals surface area contributed by atoms with Gasteiger partial charge in [0.05, 0.1) is 11.1 Å². The molecule has 0 fully saturated rings. The Labute approximate surface area is 53.4 Å². The van der Waals surface area contributed by atoms with E-state index < -0.39 is 16.2 Å². The fourth-order valence-electron chi connectivity index (χ4n) is 0.547. The second kappa shape index (κ2) is 1.71. The highest BCUT2D eigenvalue weighted by Gasteiger charge is 2.24. The Kier molecular flexibility index (Phi) is 1.25. The smallest absolute Gasteiger partial charge is 0.292 e. The van der Waals surface area contributed by atoms with Gasteiger partial charge in [-0.1, -0.05) is 0 Å². The van der Waals surface area contributed by atoms with E-state index in [-0.39, 0.29) is 5.70 Å². The fourth-order valence-corrected chi connectivity index (χ4v) is 1.64. The van der Waals surface area contributed by atoms with Gasteiger partial charge in [-0.15, -0.1) is 0 Å². The standard InChI is InChI=1S/C4H7NO3S/c1-3-4(5)2-9(6,7)8-3/h2-3H,5H2,1H3. The molecule has 0 bridgehead atoms. The highest BCUT2D eigenvalue weighted by atomic mass is 32.2. The summed E-state index contributed by atoms with van der Waals surface area (Å²) in [7, 11) is -3.43. The summed E-state index contributed by atoms with van der Waals surface area (Å²) in [6, 6.07) is 0. The molecular formula is C4H7NO3S. The molecule has 0 radical (unpaired) electrons. The van der Waals surface area contributed by atoms with Crippen LogP contribution in [0.25, 0.3) is 0 Å². The summed E-state index contributed by atoms with van der Waals surface area (Å²) < 4.78 is 25.4. The summed E-state index contributed by atoms with van der Waals surface area (Å²) >= 11 is 0. The molecule has 5 heteroatoms. The van der Waals surface area contributed by atoms with E-state index >= 15 is 0 Å². The molecule has 4 nitrogen and oxygen atoms in total. The van der Waals surface area contributed by atoms with Crippen molar-refractivity contribution >= 4 is 10.1 Å². The Morgan fingerprint density at radius 1 is 1.78 bits per heavy atom. The molecule has 0 amide bonds. The summed E-state index contributed by atoms with van der Waals surface area (Å²) in [5.41, 5.74) is 5.47. The van der Waals surface area contributed by atoms with Crippen LogP contribution in [0.1, 0.15) is 6.92 Å². The van der Waals surface area contributed by atoms with Gasteiger partial charge in [-0.05, 0) is 6.92 Å². The average molecular weight is 149 g/mol. The van der Waals surface area contributed by atoms with Gasteiger partial charge in [0.15, 0.2) is 0 Å². The first-order valence-corrected chi connectivity index (χ1v) is 3.89. The second-order valence-electron chi connectivity index (χ2n) is 1.85. The predicted octanol–water partition coefficient (Wildman–Crippen LogP) is -0.465. The van der Waals surface area contributed by atoms with Crippen LogP contribution in [0.5, 0.6) is 0 Å². The largest absolute Gasteiger partial charge is 0.399 e.